The summed E-state index contributed by atoms with van der Waals surface area (Å²) in [4.78, 5) is 21.1. The molecule has 1 atom stereocenters. The smallest absolute Gasteiger partial charge is 0.322 e. The summed E-state index contributed by atoms with van der Waals surface area (Å²) in [6.07, 6.45) is 1.56. The average Bonchev–Trinajstić information content (AvgIpc) is 2.72. The Morgan fingerprint density at radius 3 is 2.39 bits per heavy atom. The standard InChI is InChI=1S/C24H22FN3O3/c1-24(2,3)31-22(29)14-20(17-6-8-18(25)9-7-17)21-12-13-27-23(28-21)30-19-10-4-16(15-26)5-11-19/h4-13,20H,14H2,1-3H3. The van der Waals surface area contributed by atoms with Crippen LogP contribution in [0.15, 0.2) is 60.8 Å². The van der Waals surface area contributed by atoms with Gasteiger partial charge in [0, 0.05) is 12.1 Å². The number of hydrogen-bond acceptors (Lipinski definition) is 6. The number of ether oxygens (including phenoxy) is 2. The normalized spacial score (nSPS) is 12.0. The van der Waals surface area contributed by atoms with Gasteiger partial charge in [0.25, 0.3) is 0 Å². The summed E-state index contributed by atoms with van der Waals surface area (Å²) >= 11 is 0. The van der Waals surface area contributed by atoms with E-state index in [1.807, 2.05) is 6.07 Å². The van der Waals surface area contributed by atoms with Gasteiger partial charge in [-0.25, -0.2) is 9.37 Å². The summed E-state index contributed by atoms with van der Waals surface area (Å²) in [7, 11) is 0. The fourth-order valence-electron chi connectivity index (χ4n) is 2.94. The van der Waals surface area contributed by atoms with Crippen LogP contribution in [0, 0.1) is 17.1 Å². The number of nitriles is 1. The number of aromatic nitrogens is 2. The third-order valence-corrected chi connectivity index (χ3v) is 4.27. The minimum Gasteiger partial charge on any atom is -0.460 e. The molecule has 0 N–H and O–H groups in total. The fourth-order valence-corrected chi connectivity index (χ4v) is 2.94. The minimum atomic E-state index is -0.625. The van der Waals surface area contributed by atoms with Gasteiger partial charge in [-0.2, -0.15) is 10.2 Å². The number of halogens is 1. The molecular weight excluding hydrogens is 397 g/mol. The van der Waals surface area contributed by atoms with E-state index in [9.17, 15) is 9.18 Å². The van der Waals surface area contributed by atoms with Gasteiger partial charge in [0.1, 0.15) is 17.2 Å². The van der Waals surface area contributed by atoms with Gasteiger partial charge in [-0.15, -0.1) is 0 Å². The first kappa shape index (κ1) is 21.9. The molecule has 0 aliphatic heterocycles. The van der Waals surface area contributed by atoms with Gasteiger partial charge >= 0.3 is 12.0 Å². The predicted octanol–water partition coefficient (Wildman–Crippen LogP) is 5.14. The van der Waals surface area contributed by atoms with E-state index in [1.54, 1.807) is 63.2 Å². The lowest BCUT2D eigenvalue weighted by molar-refractivity contribution is -0.155. The monoisotopic (exact) mass is 419 g/mol. The zero-order chi connectivity index (χ0) is 22.4. The fraction of sp³-hybridized carbons (Fsp3) is 0.250. The lowest BCUT2D eigenvalue weighted by Gasteiger charge is -2.22. The molecule has 2 aromatic carbocycles. The molecule has 0 amide bonds. The van der Waals surface area contributed by atoms with E-state index in [0.717, 1.165) is 5.56 Å². The maximum Gasteiger partial charge on any atom is 0.322 e. The summed E-state index contributed by atoms with van der Waals surface area (Å²) < 4.78 is 24.6. The van der Waals surface area contributed by atoms with Crippen LogP contribution < -0.4 is 4.74 Å². The molecule has 1 aromatic heterocycles. The molecule has 158 valence electrons. The SMILES string of the molecule is CC(C)(C)OC(=O)CC(c1ccc(F)cc1)c1ccnc(Oc2ccc(C#N)cc2)n1. The van der Waals surface area contributed by atoms with Gasteiger partial charge in [0.05, 0.1) is 23.7 Å². The molecule has 1 unspecified atom stereocenters. The molecule has 0 bridgehead atoms. The third kappa shape index (κ3) is 6.34. The van der Waals surface area contributed by atoms with E-state index in [4.69, 9.17) is 14.7 Å². The second-order valence-corrected chi connectivity index (χ2v) is 7.90. The summed E-state index contributed by atoms with van der Waals surface area (Å²) in [6, 6.07) is 16.3. The van der Waals surface area contributed by atoms with E-state index in [2.05, 4.69) is 9.97 Å². The van der Waals surface area contributed by atoms with Gasteiger partial charge in [0.2, 0.25) is 0 Å². The Kier molecular flexibility index (Phi) is 6.61. The van der Waals surface area contributed by atoms with E-state index in [0.29, 0.717) is 17.0 Å². The Labute approximate surface area is 180 Å². The lowest BCUT2D eigenvalue weighted by Crippen LogP contribution is -2.25. The van der Waals surface area contributed by atoms with Crippen molar-refractivity contribution in [3.63, 3.8) is 0 Å². The van der Waals surface area contributed by atoms with Crippen LogP contribution in [0.3, 0.4) is 0 Å². The first-order valence-corrected chi connectivity index (χ1v) is 9.72. The zero-order valence-corrected chi connectivity index (χ0v) is 17.5. The molecule has 6 nitrogen and oxygen atoms in total. The number of carbonyl (C=O) groups is 1. The Balaban J connectivity index is 1.89. The molecule has 0 aliphatic carbocycles. The third-order valence-electron chi connectivity index (χ3n) is 4.27. The summed E-state index contributed by atoms with van der Waals surface area (Å²) in [5.41, 5.74) is 1.14. The van der Waals surface area contributed by atoms with E-state index in [-0.39, 0.29) is 18.2 Å². The van der Waals surface area contributed by atoms with Crippen LogP contribution in [0.4, 0.5) is 4.39 Å². The van der Waals surface area contributed by atoms with Crippen molar-refractivity contribution in [3.05, 3.63) is 83.4 Å². The number of hydrogen-bond donors (Lipinski definition) is 0. The number of rotatable bonds is 6. The van der Waals surface area contributed by atoms with Crippen molar-refractivity contribution in [1.29, 1.82) is 5.26 Å². The van der Waals surface area contributed by atoms with Gasteiger partial charge in [-0.05, 0) is 68.8 Å². The molecule has 0 fully saturated rings. The highest BCUT2D eigenvalue weighted by molar-refractivity contribution is 5.71. The summed E-state index contributed by atoms with van der Waals surface area (Å²) in [5.74, 6) is -0.759. The van der Waals surface area contributed by atoms with Crippen LogP contribution in [-0.4, -0.2) is 21.5 Å². The molecule has 0 spiro atoms. The van der Waals surface area contributed by atoms with Crippen molar-refractivity contribution in [3.8, 4) is 17.8 Å². The molecule has 3 rings (SSSR count). The van der Waals surface area contributed by atoms with Crippen molar-refractivity contribution in [2.45, 2.75) is 38.7 Å². The van der Waals surface area contributed by atoms with Gasteiger partial charge in [-0.3, -0.25) is 4.79 Å². The van der Waals surface area contributed by atoms with Crippen LogP contribution in [0.2, 0.25) is 0 Å². The van der Waals surface area contributed by atoms with E-state index >= 15 is 0 Å². The average molecular weight is 419 g/mol. The maximum absolute atomic E-state index is 13.4. The largest absolute Gasteiger partial charge is 0.460 e. The Morgan fingerprint density at radius 2 is 1.77 bits per heavy atom. The molecule has 0 saturated heterocycles. The molecule has 0 aliphatic rings. The highest BCUT2D eigenvalue weighted by atomic mass is 19.1. The maximum atomic E-state index is 13.4. The molecule has 31 heavy (non-hydrogen) atoms. The molecular formula is C24H22FN3O3. The Morgan fingerprint density at radius 1 is 1.10 bits per heavy atom. The van der Waals surface area contributed by atoms with Crippen molar-refractivity contribution in [2.24, 2.45) is 0 Å². The number of nitrogens with zero attached hydrogens (tertiary/aromatic N) is 3. The number of carbonyl (C=O) groups excluding carboxylic acids is 1. The van der Waals surface area contributed by atoms with Gasteiger partial charge in [0.15, 0.2) is 0 Å². The van der Waals surface area contributed by atoms with Crippen molar-refractivity contribution in [2.75, 3.05) is 0 Å². The highest BCUT2D eigenvalue weighted by Gasteiger charge is 2.24. The van der Waals surface area contributed by atoms with Crippen LogP contribution in [0.1, 0.15) is 49.9 Å². The van der Waals surface area contributed by atoms with Gasteiger partial charge in [-0.1, -0.05) is 12.1 Å². The zero-order valence-electron chi connectivity index (χ0n) is 17.5. The van der Waals surface area contributed by atoms with Crippen LogP contribution in [0.5, 0.6) is 11.8 Å². The van der Waals surface area contributed by atoms with Gasteiger partial charge < -0.3 is 9.47 Å². The van der Waals surface area contributed by atoms with Crippen molar-refractivity contribution in [1.82, 2.24) is 9.97 Å². The van der Waals surface area contributed by atoms with Crippen LogP contribution in [-0.2, 0) is 9.53 Å². The van der Waals surface area contributed by atoms with E-state index < -0.39 is 17.5 Å². The van der Waals surface area contributed by atoms with Crippen molar-refractivity contribution < 1.29 is 18.7 Å². The number of benzene rings is 2. The quantitative estimate of drug-likeness (QED) is 0.514. The van der Waals surface area contributed by atoms with Crippen LogP contribution >= 0.6 is 0 Å². The Hall–Kier alpha value is -3.79. The summed E-state index contributed by atoms with van der Waals surface area (Å²) in [5, 5.41) is 8.91. The second kappa shape index (κ2) is 9.35. The molecule has 0 radical (unpaired) electrons. The lowest BCUT2D eigenvalue weighted by atomic mass is 9.92. The topological polar surface area (TPSA) is 85.1 Å². The first-order chi connectivity index (χ1) is 14.7. The number of esters is 1. The van der Waals surface area contributed by atoms with Crippen LogP contribution in [0.25, 0.3) is 0 Å². The van der Waals surface area contributed by atoms with E-state index in [1.165, 1.54) is 18.3 Å². The molecule has 7 heteroatoms. The van der Waals surface area contributed by atoms with Crippen molar-refractivity contribution >= 4 is 5.97 Å². The first-order valence-electron chi connectivity index (χ1n) is 9.72. The molecule has 3 aromatic rings. The molecule has 1 heterocycles. The predicted molar refractivity (Wildman–Crippen MR) is 112 cm³/mol. The Bertz CT molecular complexity index is 1080. The minimum absolute atomic E-state index is 0.0240. The molecule has 0 saturated carbocycles. The second-order valence-electron chi connectivity index (χ2n) is 7.90. The summed E-state index contributed by atoms with van der Waals surface area (Å²) in [6.45, 7) is 5.39. The highest BCUT2D eigenvalue weighted by Crippen LogP contribution is 2.29.